The second kappa shape index (κ2) is 14.0. The van der Waals surface area contributed by atoms with Gasteiger partial charge in [0.2, 0.25) is 5.88 Å². The highest BCUT2D eigenvalue weighted by Crippen LogP contribution is 2.31. The lowest BCUT2D eigenvalue weighted by atomic mass is 10.1. The number of nitrogens with zero attached hydrogens (tertiary/aromatic N) is 3. The van der Waals surface area contributed by atoms with E-state index >= 15 is 0 Å². The van der Waals surface area contributed by atoms with Crippen molar-refractivity contribution >= 4 is 21.8 Å². The highest BCUT2D eigenvalue weighted by Gasteiger charge is 2.12. The fourth-order valence-electron chi connectivity index (χ4n) is 3.95. The molecule has 0 aliphatic carbocycles. The van der Waals surface area contributed by atoms with E-state index in [-0.39, 0.29) is 25.7 Å². The van der Waals surface area contributed by atoms with E-state index in [4.69, 9.17) is 28.8 Å². The zero-order chi connectivity index (χ0) is 25.9. The molecule has 198 valence electrons. The SMILES string of the molecule is Cn1c2ccncc2c2ccc(-c3cnc(OCCOCCOCCOCCOCCO)c(F)c3)cc21. The molecule has 4 rings (SSSR count). The van der Waals surface area contributed by atoms with Gasteiger partial charge in [0.05, 0.1) is 65.0 Å². The molecule has 0 unspecified atom stereocenters. The first-order valence-corrected chi connectivity index (χ1v) is 12.2. The zero-order valence-electron chi connectivity index (χ0n) is 20.9. The Bertz CT molecular complexity index is 1280. The van der Waals surface area contributed by atoms with Gasteiger partial charge in [0, 0.05) is 47.5 Å². The summed E-state index contributed by atoms with van der Waals surface area (Å²) >= 11 is 0. The third-order valence-electron chi connectivity index (χ3n) is 5.77. The van der Waals surface area contributed by atoms with E-state index in [2.05, 4.69) is 14.5 Å². The molecule has 1 N–H and O–H groups in total. The second-order valence-electron chi connectivity index (χ2n) is 8.22. The first-order valence-electron chi connectivity index (χ1n) is 12.2. The van der Waals surface area contributed by atoms with Crippen LogP contribution in [0.3, 0.4) is 0 Å². The number of hydrogen-bond acceptors (Lipinski definition) is 8. The molecular formula is C27H32FN3O6. The van der Waals surface area contributed by atoms with Crippen molar-refractivity contribution in [3.05, 3.63) is 54.7 Å². The lowest BCUT2D eigenvalue weighted by Gasteiger charge is -2.09. The fourth-order valence-corrected chi connectivity index (χ4v) is 3.95. The molecule has 9 nitrogen and oxygen atoms in total. The van der Waals surface area contributed by atoms with Gasteiger partial charge in [-0.25, -0.2) is 9.37 Å². The number of halogens is 1. The third kappa shape index (κ3) is 7.21. The van der Waals surface area contributed by atoms with Gasteiger partial charge < -0.3 is 33.4 Å². The lowest BCUT2D eigenvalue weighted by molar-refractivity contribution is -0.00799. The maximum Gasteiger partial charge on any atom is 0.250 e. The maximum absolute atomic E-state index is 14.7. The third-order valence-corrected chi connectivity index (χ3v) is 5.77. The number of aliphatic hydroxyl groups is 1. The van der Waals surface area contributed by atoms with Crippen LogP contribution in [0.15, 0.2) is 48.9 Å². The number of pyridine rings is 2. The van der Waals surface area contributed by atoms with Crippen LogP contribution in [0, 0.1) is 5.82 Å². The highest BCUT2D eigenvalue weighted by atomic mass is 19.1. The Morgan fingerprint density at radius 3 is 2.11 bits per heavy atom. The number of hydrogen-bond donors (Lipinski definition) is 1. The number of rotatable bonds is 16. The topological polar surface area (TPSA) is 97.1 Å². The van der Waals surface area contributed by atoms with E-state index in [9.17, 15) is 4.39 Å². The molecule has 3 aromatic heterocycles. The summed E-state index contributed by atoms with van der Waals surface area (Å²) in [6.45, 7) is 3.42. The number of aryl methyl sites for hydroxylation is 1. The maximum atomic E-state index is 14.7. The first kappa shape index (κ1) is 26.9. The van der Waals surface area contributed by atoms with Crippen LogP contribution in [0.4, 0.5) is 4.39 Å². The number of ether oxygens (including phenoxy) is 5. The van der Waals surface area contributed by atoms with Gasteiger partial charge in [0.15, 0.2) is 5.82 Å². The number of fused-ring (bicyclic) bond motifs is 3. The molecule has 0 saturated heterocycles. The zero-order valence-corrected chi connectivity index (χ0v) is 20.9. The molecule has 0 saturated carbocycles. The van der Waals surface area contributed by atoms with Crippen molar-refractivity contribution in [2.45, 2.75) is 0 Å². The Morgan fingerprint density at radius 1 is 0.757 bits per heavy atom. The summed E-state index contributed by atoms with van der Waals surface area (Å²) in [6.07, 6.45) is 5.24. The Kier molecular flexibility index (Phi) is 10.2. The Morgan fingerprint density at radius 2 is 1.43 bits per heavy atom. The van der Waals surface area contributed by atoms with E-state index in [1.54, 1.807) is 12.4 Å². The van der Waals surface area contributed by atoms with Gasteiger partial charge in [-0.2, -0.15) is 0 Å². The predicted molar refractivity (Wildman–Crippen MR) is 137 cm³/mol. The molecule has 0 amide bonds. The molecule has 1 aromatic carbocycles. The van der Waals surface area contributed by atoms with Crippen molar-refractivity contribution in [3.8, 4) is 17.0 Å². The van der Waals surface area contributed by atoms with Gasteiger partial charge in [-0.05, 0) is 23.8 Å². The lowest BCUT2D eigenvalue weighted by Crippen LogP contribution is -2.14. The normalized spacial score (nSPS) is 11.5. The summed E-state index contributed by atoms with van der Waals surface area (Å²) < 4.78 is 43.5. The van der Waals surface area contributed by atoms with Crippen molar-refractivity contribution in [2.24, 2.45) is 7.05 Å². The van der Waals surface area contributed by atoms with Crippen molar-refractivity contribution < 1.29 is 33.2 Å². The number of aliphatic hydroxyl groups excluding tert-OH is 1. The van der Waals surface area contributed by atoms with Gasteiger partial charge >= 0.3 is 0 Å². The van der Waals surface area contributed by atoms with Crippen LogP contribution in [0.25, 0.3) is 32.9 Å². The number of benzene rings is 1. The largest absolute Gasteiger partial charge is 0.473 e. The van der Waals surface area contributed by atoms with E-state index in [1.807, 2.05) is 37.5 Å². The Hall–Kier alpha value is -3.15. The van der Waals surface area contributed by atoms with E-state index in [1.165, 1.54) is 6.07 Å². The van der Waals surface area contributed by atoms with Crippen molar-refractivity contribution in [3.63, 3.8) is 0 Å². The Balaban J connectivity index is 1.17. The van der Waals surface area contributed by atoms with Crippen LogP contribution in [0.2, 0.25) is 0 Å². The van der Waals surface area contributed by atoms with Gasteiger partial charge in [0.1, 0.15) is 6.61 Å². The van der Waals surface area contributed by atoms with E-state index in [0.29, 0.717) is 51.8 Å². The minimum atomic E-state index is -0.524. The summed E-state index contributed by atoms with van der Waals surface area (Å²) in [7, 11) is 2.01. The van der Waals surface area contributed by atoms with Crippen LogP contribution >= 0.6 is 0 Å². The first-order chi connectivity index (χ1) is 18.2. The smallest absolute Gasteiger partial charge is 0.250 e. The molecule has 3 heterocycles. The van der Waals surface area contributed by atoms with Gasteiger partial charge in [-0.15, -0.1) is 0 Å². The number of aromatic nitrogens is 3. The summed E-state index contributed by atoms with van der Waals surface area (Å²) in [5.74, 6) is -0.579. The molecule has 37 heavy (non-hydrogen) atoms. The van der Waals surface area contributed by atoms with Crippen molar-refractivity contribution in [1.82, 2.24) is 14.5 Å². The van der Waals surface area contributed by atoms with E-state index < -0.39 is 5.82 Å². The van der Waals surface area contributed by atoms with Gasteiger partial charge in [-0.3, -0.25) is 4.98 Å². The fraction of sp³-hybridized carbons (Fsp3) is 0.407. The monoisotopic (exact) mass is 513 g/mol. The van der Waals surface area contributed by atoms with E-state index in [0.717, 1.165) is 27.4 Å². The van der Waals surface area contributed by atoms with Crippen molar-refractivity contribution in [2.75, 3.05) is 66.1 Å². The van der Waals surface area contributed by atoms with Crippen LogP contribution in [-0.4, -0.2) is 85.7 Å². The molecule has 4 aromatic rings. The molecule has 0 bridgehead atoms. The summed E-state index contributed by atoms with van der Waals surface area (Å²) in [5.41, 5.74) is 3.67. The molecule has 0 aliphatic rings. The molecule has 0 atom stereocenters. The van der Waals surface area contributed by atoms with Crippen LogP contribution in [-0.2, 0) is 26.0 Å². The minimum Gasteiger partial charge on any atom is -0.473 e. The van der Waals surface area contributed by atoms with Crippen LogP contribution < -0.4 is 4.74 Å². The van der Waals surface area contributed by atoms with Gasteiger partial charge in [-0.1, -0.05) is 12.1 Å². The summed E-state index contributed by atoms with van der Waals surface area (Å²) in [6, 6.07) is 9.43. The van der Waals surface area contributed by atoms with Crippen LogP contribution in [0.5, 0.6) is 5.88 Å². The Labute approximate surface area is 214 Å². The van der Waals surface area contributed by atoms with Crippen LogP contribution in [0.1, 0.15) is 0 Å². The van der Waals surface area contributed by atoms with Crippen molar-refractivity contribution in [1.29, 1.82) is 0 Å². The second-order valence-corrected chi connectivity index (χ2v) is 8.22. The molecular weight excluding hydrogens is 481 g/mol. The molecule has 0 radical (unpaired) electrons. The molecule has 0 fully saturated rings. The quantitative estimate of drug-likeness (QED) is 0.228. The van der Waals surface area contributed by atoms with Gasteiger partial charge in [0.25, 0.3) is 0 Å². The average Bonchev–Trinajstić information content (AvgIpc) is 3.21. The average molecular weight is 514 g/mol. The standard InChI is InChI=1S/C27H32FN3O6/c1-31-25-4-5-29-19-23(25)22-3-2-20(17-26(22)31)21-16-24(28)27(30-18-21)37-15-14-36-13-12-35-11-10-34-9-8-33-7-6-32/h2-5,16-19,32H,6-15H2,1H3. The molecule has 10 heteroatoms. The summed E-state index contributed by atoms with van der Waals surface area (Å²) in [4.78, 5) is 8.40. The predicted octanol–water partition coefficient (Wildman–Crippen LogP) is 3.37. The molecule has 0 spiro atoms. The summed E-state index contributed by atoms with van der Waals surface area (Å²) in [5, 5.41) is 10.8. The highest BCUT2D eigenvalue weighted by molar-refractivity contribution is 6.08. The minimum absolute atomic E-state index is 0.00840. The molecule has 0 aliphatic heterocycles.